The molecule has 1 N–H and O–H groups in total. The lowest BCUT2D eigenvalue weighted by molar-refractivity contribution is 0.411. The van der Waals surface area contributed by atoms with Crippen LogP contribution in [0, 0.1) is 0 Å². The number of hydrogen-bond donors (Lipinski definition) is 1. The van der Waals surface area contributed by atoms with E-state index in [1.165, 1.54) is 0 Å². The quantitative estimate of drug-likeness (QED) is 0.766. The minimum atomic E-state index is 0.149. The molecule has 0 aliphatic heterocycles. The Morgan fingerprint density at radius 2 is 1.38 bits per heavy atom. The van der Waals surface area contributed by atoms with Gasteiger partial charge in [-0.2, -0.15) is 0 Å². The average Bonchev–Trinajstić information content (AvgIpc) is 2.36. The highest BCUT2D eigenvalue weighted by molar-refractivity contribution is 5.41. The number of rotatable bonds is 2. The van der Waals surface area contributed by atoms with Gasteiger partial charge in [0.15, 0.2) is 11.5 Å². The summed E-state index contributed by atoms with van der Waals surface area (Å²) in [6, 6.07) is 16.3. The van der Waals surface area contributed by atoms with E-state index in [-0.39, 0.29) is 5.75 Å². The Morgan fingerprint density at radius 3 is 2.00 bits per heavy atom. The monoisotopic (exact) mass is 214 g/mol. The smallest absolute Gasteiger partial charge is 0.169 e. The second kappa shape index (κ2) is 6.30. The summed E-state index contributed by atoms with van der Waals surface area (Å²) in [4.78, 5) is 0. The van der Waals surface area contributed by atoms with Crippen LogP contribution in [0.1, 0.15) is 0 Å². The Morgan fingerprint density at radius 1 is 0.812 bits per heavy atom. The fraction of sp³-hybridized carbons (Fsp3) is 0. The van der Waals surface area contributed by atoms with Crippen LogP contribution >= 0.6 is 0 Å². The van der Waals surface area contributed by atoms with Gasteiger partial charge < -0.3 is 9.84 Å². The van der Waals surface area contributed by atoms with E-state index in [4.69, 9.17) is 4.74 Å². The van der Waals surface area contributed by atoms with Gasteiger partial charge in [-0.25, -0.2) is 0 Å². The molecule has 0 radical (unpaired) electrons. The molecule has 2 aromatic rings. The minimum Gasteiger partial charge on any atom is -0.504 e. The van der Waals surface area contributed by atoms with E-state index < -0.39 is 0 Å². The van der Waals surface area contributed by atoms with E-state index in [0.717, 1.165) is 0 Å². The number of phenolic OH excluding ortho intramolecular Hbond substituents is 1. The molecule has 0 atom stereocenters. The Kier molecular flexibility index (Phi) is 4.67. The van der Waals surface area contributed by atoms with Crippen LogP contribution in [0.5, 0.6) is 17.2 Å². The summed E-state index contributed by atoms with van der Waals surface area (Å²) in [6.07, 6.45) is 0. The van der Waals surface area contributed by atoms with Gasteiger partial charge in [0.2, 0.25) is 0 Å². The molecule has 82 valence electrons. The third-order valence-corrected chi connectivity index (χ3v) is 1.84. The van der Waals surface area contributed by atoms with Crippen molar-refractivity contribution in [2.45, 2.75) is 0 Å². The summed E-state index contributed by atoms with van der Waals surface area (Å²) < 4.78 is 5.46. The predicted molar refractivity (Wildman–Crippen MR) is 65.9 cm³/mol. The number of benzene rings is 2. The molecular formula is C14H14O2. The van der Waals surface area contributed by atoms with Crippen LogP contribution in [0.15, 0.2) is 67.8 Å². The summed E-state index contributed by atoms with van der Waals surface area (Å²) in [5.74, 6) is 1.34. The zero-order chi connectivity index (χ0) is 11.8. The van der Waals surface area contributed by atoms with E-state index in [1.54, 1.807) is 18.2 Å². The van der Waals surface area contributed by atoms with Crippen molar-refractivity contribution in [2.75, 3.05) is 0 Å². The Balaban J connectivity index is 0.000000606. The molecule has 2 nitrogen and oxygen atoms in total. The molecule has 2 heteroatoms. The van der Waals surface area contributed by atoms with Crippen LogP contribution in [0.3, 0.4) is 0 Å². The number of hydrogen-bond acceptors (Lipinski definition) is 2. The normalized spacial score (nSPS) is 8.75. The molecular weight excluding hydrogens is 200 g/mol. The summed E-state index contributed by atoms with van der Waals surface area (Å²) in [6.45, 7) is 6.00. The Labute approximate surface area is 95.4 Å². The van der Waals surface area contributed by atoms with Crippen molar-refractivity contribution < 1.29 is 9.84 Å². The number of ether oxygens (including phenoxy) is 1. The van der Waals surface area contributed by atoms with E-state index >= 15 is 0 Å². The molecule has 0 amide bonds. The van der Waals surface area contributed by atoms with Crippen molar-refractivity contribution in [1.29, 1.82) is 0 Å². The predicted octanol–water partition coefficient (Wildman–Crippen LogP) is 3.99. The van der Waals surface area contributed by atoms with Crippen molar-refractivity contribution in [3.8, 4) is 17.2 Å². The Hall–Kier alpha value is -2.22. The first-order valence-corrected chi connectivity index (χ1v) is 4.87. The first-order valence-electron chi connectivity index (χ1n) is 4.87. The van der Waals surface area contributed by atoms with Crippen molar-refractivity contribution in [3.63, 3.8) is 0 Å². The number of phenols is 1. The fourth-order valence-corrected chi connectivity index (χ4v) is 1.16. The fourth-order valence-electron chi connectivity index (χ4n) is 1.16. The van der Waals surface area contributed by atoms with Crippen LogP contribution < -0.4 is 4.74 Å². The Bertz CT molecular complexity index is 424. The molecule has 0 saturated heterocycles. The molecule has 16 heavy (non-hydrogen) atoms. The van der Waals surface area contributed by atoms with Gasteiger partial charge in [0, 0.05) is 0 Å². The van der Waals surface area contributed by atoms with Gasteiger partial charge in [-0.1, -0.05) is 30.3 Å². The summed E-state index contributed by atoms with van der Waals surface area (Å²) in [5, 5.41) is 9.45. The van der Waals surface area contributed by atoms with Gasteiger partial charge >= 0.3 is 0 Å². The first-order chi connectivity index (χ1) is 7.86. The van der Waals surface area contributed by atoms with Crippen LogP contribution in [0.2, 0.25) is 0 Å². The maximum absolute atomic E-state index is 9.45. The third-order valence-electron chi connectivity index (χ3n) is 1.84. The molecule has 0 aliphatic rings. The van der Waals surface area contributed by atoms with Crippen molar-refractivity contribution >= 4 is 0 Å². The maximum atomic E-state index is 9.45. The topological polar surface area (TPSA) is 29.5 Å². The second-order valence-corrected chi connectivity index (χ2v) is 2.88. The molecule has 0 unspecified atom stereocenters. The van der Waals surface area contributed by atoms with Crippen molar-refractivity contribution in [3.05, 3.63) is 67.8 Å². The van der Waals surface area contributed by atoms with Crippen molar-refractivity contribution in [2.24, 2.45) is 0 Å². The van der Waals surface area contributed by atoms with Gasteiger partial charge in [0.1, 0.15) is 5.75 Å². The summed E-state index contributed by atoms with van der Waals surface area (Å²) >= 11 is 0. The van der Waals surface area contributed by atoms with Crippen LogP contribution in [-0.2, 0) is 0 Å². The van der Waals surface area contributed by atoms with Crippen LogP contribution in [0.25, 0.3) is 0 Å². The van der Waals surface area contributed by atoms with Gasteiger partial charge in [-0.3, -0.25) is 0 Å². The standard InChI is InChI=1S/C12H10O2.C2H4/c13-11-8-4-5-9-12(11)14-10-6-2-1-3-7-10;1-2/h1-9,13H;1-2H2. The van der Waals surface area contributed by atoms with Gasteiger partial charge in [0.25, 0.3) is 0 Å². The first kappa shape index (κ1) is 11.9. The highest BCUT2D eigenvalue weighted by Gasteiger charge is 2.00. The lowest BCUT2D eigenvalue weighted by atomic mass is 10.3. The van der Waals surface area contributed by atoms with E-state index in [1.807, 2.05) is 36.4 Å². The van der Waals surface area contributed by atoms with Crippen molar-refractivity contribution in [1.82, 2.24) is 0 Å². The molecule has 2 rings (SSSR count). The largest absolute Gasteiger partial charge is 0.504 e. The van der Waals surface area contributed by atoms with Gasteiger partial charge in [0.05, 0.1) is 0 Å². The van der Waals surface area contributed by atoms with Crippen LogP contribution in [-0.4, -0.2) is 5.11 Å². The molecule has 2 aromatic carbocycles. The van der Waals surface area contributed by atoms with Gasteiger partial charge in [-0.15, -0.1) is 13.2 Å². The van der Waals surface area contributed by atoms with Gasteiger partial charge in [-0.05, 0) is 24.3 Å². The van der Waals surface area contributed by atoms with E-state index in [2.05, 4.69) is 13.2 Å². The zero-order valence-corrected chi connectivity index (χ0v) is 8.97. The zero-order valence-electron chi connectivity index (χ0n) is 8.97. The second-order valence-electron chi connectivity index (χ2n) is 2.88. The molecule has 0 heterocycles. The lowest BCUT2D eigenvalue weighted by Gasteiger charge is -2.06. The average molecular weight is 214 g/mol. The minimum absolute atomic E-state index is 0.149. The van der Waals surface area contributed by atoms with E-state index in [0.29, 0.717) is 11.5 Å². The SMILES string of the molecule is C=C.Oc1ccccc1Oc1ccccc1. The summed E-state index contributed by atoms with van der Waals surface area (Å²) in [5.41, 5.74) is 0. The highest BCUT2D eigenvalue weighted by atomic mass is 16.5. The maximum Gasteiger partial charge on any atom is 0.169 e. The molecule has 0 aliphatic carbocycles. The molecule has 0 fully saturated rings. The molecule has 0 bridgehead atoms. The third kappa shape index (κ3) is 3.17. The van der Waals surface area contributed by atoms with E-state index in [9.17, 15) is 5.11 Å². The molecule has 0 aromatic heterocycles. The summed E-state index contributed by atoms with van der Waals surface area (Å²) in [7, 11) is 0. The number of aromatic hydroxyl groups is 1. The van der Waals surface area contributed by atoms with Crippen LogP contribution in [0.4, 0.5) is 0 Å². The highest BCUT2D eigenvalue weighted by Crippen LogP contribution is 2.29. The number of para-hydroxylation sites is 3. The lowest BCUT2D eigenvalue weighted by Crippen LogP contribution is -1.83. The molecule has 0 saturated carbocycles. The molecule has 0 spiro atoms.